The number of aliphatic hydroxyl groups is 1. The van der Waals surface area contributed by atoms with E-state index < -0.39 is 0 Å². The lowest BCUT2D eigenvalue weighted by atomic mass is 9.81. The highest BCUT2D eigenvalue weighted by molar-refractivity contribution is 5.23. The molecule has 0 amide bonds. The van der Waals surface area contributed by atoms with Crippen LogP contribution in [-0.4, -0.2) is 21.0 Å². The summed E-state index contributed by atoms with van der Waals surface area (Å²) in [5.41, 5.74) is 3.68. The number of rotatable bonds is 2. The average Bonchev–Trinajstić information content (AvgIpc) is 2.57. The normalized spacial score (nSPS) is 29.6. The highest BCUT2D eigenvalue weighted by Gasteiger charge is 2.31. The topological polar surface area (TPSA) is 38.0 Å². The summed E-state index contributed by atoms with van der Waals surface area (Å²) in [4.78, 5) is 0. The molecule has 0 radical (unpaired) electrons. The molecule has 0 saturated heterocycles. The lowest BCUT2D eigenvalue weighted by Crippen LogP contribution is -2.31. The largest absolute Gasteiger partial charge is 0.393 e. The number of nitrogens with zero attached hydrogens (tertiary/aromatic N) is 2. The quantitative estimate of drug-likeness (QED) is 0.857. The summed E-state index contributed by atoms with van der Waals surface area (Å²) in [6.07, 6.45) is 3.97. The Balaban J connectivity index is 2.32. The SMILES string of the molecule is CCC1CCC(O)CC1n1nc(C)c(C)c1C. The summed E-state index contributed by atoms with van der Waals surface area (Å²) in [6.45, 7) is 8.59. The van der Waals surface area contributed by atoms with E-state index in [1.54, 1.807) is 0 Å². The molecule has 1 fully saturated rings. The van der Waals surface area contributed by atoms with Gasteiger partial charge in [0.05, 0.1) is 17.8 Å². The van der Waals surface area contributed by atoms with Crippen molar-refractivity contribution in [2.45, 2.75) is 65.5 Å². The predicted octanol–water partition coefficient (Wildman–Crippen LogP) is 2.92. The number of hydrogen-bond donors (Lipinski definition) is 1. The van der Waals surface area contributed by atoms with Gasteiger partial charge >= 0.3 is 0 Å². The van der Waals surface area contributed by atoms with E-state index in [0.29, 0.717) is 12.0 Å². The fourth-order valence-electron chi connectivity index (χ4n) is 3.03. The first kappa shape index (κ1) is 12.6. The maximum absolute atomic E-state index is 9.88. The van der Waals surface area contributed by atoms with Crippen molar-refractivity contribution in [1.82, 2.24) is 9.78 Å². The summed E-state index contributed by atoms with van der Waals surface area (Å²) in [7, 11) is 0. The van der Waals surface area contributed by atoms with Crippen LogP contribution in [0.25, 0.3) is 0 Å². The van der Waals surface area contributed by atoms with Gasteiger partial charge in [0.15, 0.2) is 0 Å². The van der Waals surface area contributed by atoms with Gasteiger partial charge in [-0.1, -0.05) is 13.3 Å². The Morgan fingerprint density at radius 2 is 2.00 bits per heavy atom. The summed E-state index contributed by atoms with van der Waals surface area (Å²) in [5.74, 6) is 0.663. The molecule has 3 unspecified atom stereocenters. The summed E-state index contributed by atoms with van der Waals surface area (Å²) in [5, 5.41) is 14.6. The van der Waals surface area contributed by atoms with E-state index in [2.05, 4.69) is 37.5 Å². The molecule has 1 aliphatic rings. The van der Waals surface area contributed by atoms with E-state index in [0.717, 1.165) is 25.0 Å². The third kappa shape index (κ3) is 2.25. The molecule has 1 aromatic rings. The molecule has 1 heterocycles. The first-order chi connectivity index (χ1) is 8.04. The highest BCUT2D eigenvalue weighted by Crippen LogP contribution is 2.37. The van der Waals surface area contributed by atoms with E-state index in [4.69, 9.17) is 0 Å². The fourth-order valence-corrected chi connectivity index (χ4v) is 3.03. The molecule has 0 aromatic carbocycles. The zero-order chi connectivity index (χ0) is 12.6. The second kappa shape index (κ2) is 4.81. The van der Waals surface area contributed by atoms with Crippen molar-refractivity contribution in [1.29, 1.82) is 0 Å². The monoisotopic (exact) mass is 236 g/mol. The Kier molecular flexibility index (Phi) is 3.57. The molecule has 1 aromatic heterocycles. The first-order valence-electron chi connectivity index (χ1n) is 6.75. The van der Waals surface area contributed by atoms with Crippen LogP contribution in [0.15, 0.2) is 0 Å². The third-order valence-electron chi connectivity index (χ3n) is 4.45. The Morgan fingerprint density at radius 3 is 2.53 bits per heavy atom. The molecule has 0 aliphatic heterocycles. The predicted molar refractivity (Wildman–Crippen MR) is 69.1 cm³/mol. The van der Waals surface area contributed by atoms with Crippen LogP contribution in [0.5, 0.6) is 0 Å². The third-order valence-corrected chi connectivity index (χ3v) is 4.45. The molecule has 3 nitrogen and oxygen atoms in total. The van der Waals surface area contributed by atoms with Crippen molar-refractivity contribution in [2.75, 3.05) is 0 Å². The smallest absolute Gasteiger partial charge is 0.0625 e. The number of aliphatic hydroxyl groups excluding tert-OH is 1. The van der Waals surface area contributed by atoms with Crippen molar-refractivity contribution >= 4 is 0 Å². The Labute approximate surface area is 104 Å². The Hall–Kier alpha value is -0.830. The average molecular weight is 236 g/mol. The molecular weight excluding hydrogens is 212 g/mol. The van der Waals surface area contributed by atoms with Crippen molar-refractivity contribution in [2.24, 2.45) is 5.92 Å². The van der Waals surface area contributed by atoms with Crippen LogP contribution in [0.4, 0.5) is 0 Å². The van der Waals surface area contributed by atoms with Gasteiger partial charge in [-0.05, 0) is 51.5 Å². The molecule has 96 valence electrons. The standard InChI is InChI=1S/C14H24N2O/c1-5-12-6-7-13(17)8-14(12)16-11(4)9(2)10(3)15-16/h12-14,17H,5-8H2,1-4H3. The molecule has 1 saturated carbocycles. The van der Waals surface area contributed by atoms with Gasteiger partial charge in [0.1, 0.15) is 0 Å². The summed E-state index contributed by atoms with van der Waals surface area (Å²) >= 11 is 0. The van der Waals surface area contributed by atoms with Crippen LogP contribution in [0, 0.1) is 26.7 Å². The van der Waals surface area contributed by atoms with Gasteiger partial charge in [-0.3, -0.25) is 4.68 Å². The van der Waals surface area contributed by atoms with E-state index in [-0.39, 0.29) is 6.10 Å². The Morgan fingerprint density at radius 1 is 1.29 bits per heavy atom. The summed E-state index contributed by atoms with van der Waals surface area (Å²) in [6, 6.07) is 0.385. The van der Waals surface area contributed by atoms with Crippen LogP contribution in [0.2, 0.25) is 0 Å². The fraction of sp³-hybridized carbons (Fsp3) is 0.786. The van der Waals surface area contributed by atoms with E-state index in [1.165, 1.54) is 17.7 Å². The molecule has 1 N–H and O–H groups in total. The molecule has 3 heteroatoms. The lowest BCUT2D eigenvalue weighted by molar-refractivity contribution is 0.0659. The van der Waals surface area contributed by atoms with E-state index >= 15 is 0 Å². The first-order valence-corrected chi connectivity index (χ1v) is 6.75. The molecule has 17 heavy (non-hydrogen) atoms. The molecule has 3 atom stereocenters. The minimum atomic E-state index is -0.146. The van der Waals surface area contributed by atoms with Crippen LogP contribution >= 0.6 is 0 Å². The molecule has 0 spiro atoms. The van der Waals surface area contributed by atoms with Crippen molar-refractivity contribution < 1.29 is 5.11 Å². The number of hydrogen-bond acceptors (Lipinski definition) is 2. The van der Waals surface area contributed by atoms with Crippen LogP contribution in [0.1, 0.15) is 55.6 Å². The van der Waals surface area contributed by atoms with Crippen LogP contribution in [-0.2, 0) is 0 Å². The van der Waals surface area contributed by atoms with Gasteiger partial charge < -0.3 is 5.11 Å². The van der Waals surface area contributed by atoms with E-state index in [1.807, 2.05) is 0 Å². The number of aromatic nitrogens is 2. The number of aryl methyl sites for hydroxylation is 1. The minimum Gasteiger partial charge on any atom is -0.393 e. The van der Waals surface area contributed by atoms with Gasteiger partial charge in [0, 0.05) is 5.69 Å². The van der Waals surface area contributed by atoms with Gasteiger partial charge in [-0.15, -0.1) is 0 Å². The van der Waals surface area contributed by atoms with E-state index in [9.17, 15) is 5.11 Å². The zero-order valence-corrected chi connectivity index (χ0v) is 11.4. The molecule has 2 rings (SSSR count). The van der Waals surface area contributed by atoms with Crippen LogP contribution in [0.3, 0.4) is 0 Å². The maximum Gasteiger partial charge on any atom is 0.0625 e. The molecule has 1 aliphatic carbocycles. The maximum atomic E-state index is 9.88. The second-order valence-corrected chi connectivity index (χ2v) is 5.44. The van der Waals surface area contributed by atoms with Gasteiger partial charge in [-0.2, -0.15) is 5.10 Å². The van der Waals surface area contributed by atoms with Crippen LogP contribution < -0.4 is 0 Å². The Bertz CT molecular complexity index is 397. The van der Waals surface area contributed by atoms with Crippen molar-refractivity contribution in [3.63, 3.8) is 0 Å². The zero-order valence-electron chi connectivity index (χ0n) is 11.4. The summed E-state index contributed by atoms with van der Waals surface area (Å²) < 4.78 is 2.17. The lowest BCUT2D eigenvalue weighted by Gasteiger charge is -2.34. The minimum absolute atomic E-state index is 0.146. The van der Waals surface area contributed by atoms with Crippen molar-refractivity contribution in [3.8, 4) is 0 Å². The van der Waals surface area contributed by atoms with Gasteiger partial charge in [0.2, 0.25) is 0 Å². The van der Waals surface area contributed by atoms with Gasteiger partial charge in [0.25, 0.3) is 0 Å². The molecule has 0 bridgehead atoms. The highest BCUT2D eigenvalue weighted by atomic mass is 16.3. The molecular formula is C14H24N2O. The second-order valence-electron chi connectivity index (χ2n) is 5.44. The van der Waals surface area contributed by atoms with Crippen molar-refractivity contribution in [3.05, 3.63) is 17.0 Å². The van der Waals surface area contributed by atoms with Gasteiger partial charge in [-0.25, -0.2) is 0 Å².